The molecule has 0 aromatic heterocycles. The van der Waals surface area contributed by atoms with E-state index < -0.39 is 11.4 Å². The molecule has 1 amide bonds. The maximum absolute atomic E-state index is 12.4. The van der Waals surface area contributed by atoms with E-state index in [2.05, 4.69) is 0 Å². The molecule has 0 saturated carbocycles. The summed E-state index contributed by atoms with van der Waals surface area (Å²) in [5.74, 6) is -0.924. The van der Waals surface area contributed by atoms with E-state index in [-0.39, 0.29) is 18.2 Å². The fraction of sp³-hybridized carbons (Fsp3) is 0.867. The summed E-state index contributed by atoms with van der Waals surface area (Å²) < 4.78 is 0. The second-order valence-corrected chi connectivity index (χ2v) is 6.20. The molecule has 1 unspecified atom stereocenters. The molecule has 1 aliphatic rings. The minimum absolute atomic E-state index is 0.000463. The van der Waals surface area contributed by atoms with Gasteiger partial charge in [0, 0.05) is 19.5 Å². The molecule has 19 heavy (non-hydrogen) atoms. The maximum atomic E-state index is 12.4. The Morgan fingerprint density at radius 3 is 2.00 bits per heavy atom. The fourth-order valence-corrected chi connectivity index (χ4v) is 2.45. The van der Waals surface area contributed by atoms with Crippen molar-refractivity contribution < 1.29 is 14.7 Å². The summed E-state index contributed by atoms with van der Waals surface area (Å²) >= 11 is 0. The highest BCUT2D eigenvalue weighted by Gasteiger charge is 2.39. The van der Waals surface area contributed by atoms with Crippen LogP contribution in [0.3, 0.4) is 0 Å². The van der Waals surface area contributed by atoms with E-state index in [1.54, 1.807) is 6.92 Å². The first-order valence-electron chi connectivity index (χ1n) is 7.39. The fourth-order valence-electron chi connectivity index (χ4n) is 2.45. The Balaban J connectivity index is 2.67. The number of aliphatic carboxylic acids is 1. The molecule has 0 bridgehead atoms. The van der Waals surface area contributed by atoms with Crippen molar-refractivity contribution in [2.75, 3.05) is 13.1 Å². The van der Waals surface area contributed by atoms with Crippen molar-refractivity contribution in [3.05, 3.63) is 0 Å². The van der Waals surface area contributed by atoms with Gasteiger partial charge in [-0.05, 0) is 25.7 Å². The van der Waals surface area contributed by atoms with E-state index >= 15 is 0 Å². The number of carbonyl (C=O) groups excluding carboxylic acids is 1. The highest BCUT2D eigenvalue weighted by molar-refractivity contribution is 5.85. The summed E-state index contributed by atoms with van der Waals surface area (Å²) in [6.45, 7) is 6.99. The average Bonchev–Trinajstić information content (AvgIpc) is 2.27. The van der Waals surface area contributed by atoms with Gasteiger partial charge in [0.2, 0.25) is 5.91 Å². The summed E-state index contributed by atoms with van der Waals surface area (Å²) in [4.78, 5) is 25.6. The predicted octanol–water partition coefficient (Wildman–Crippen LogP) is 2.92. The molecule has 1 saturated heterocycles. The molecule has 1 N–H and O–H groups in total. The molecule has 1 aliphatic heterocycles. The smallest absolute Gasteiger partial charge is 0.310 e. The molecular formula is C15H27NO3. The summed E-state index contributed by atoms with van der Waals surface area (Å²) in [5.41, 5.74) is -0.959. The van der Waals surface area contributed by atoms with Crippen molar-refractivity contribution in [1.82, 2.24) is 4.90 Å². The van der Waals surface area contributed by atoms with Crippen LogP contribution in [0.5, 0.6) is 0 Å². The Kier molecular flexibility index (Phi) is 5.83. The molecular weight excluding hydrogens is 242 g/mol. The first-order chi connectivity index (χ1) is 8.88. The van der Waals surface area contributed by atoms with Gasteiger partial charge in [0.1, 0.15) is 0 Å². The number of amides is 1. The number of nitrogens with zero attached hydrogens (tertiary/aromatic N) is 1. The van der Waals surface area contributed by atoms with Gasteiger partial charge in [-0.3, -0.25) is 9.59 Å². The second kappa shape index (κ2) is 6.92. The number of carboxylic acid groups (broad SMARTS) is 1. The third-order valence-electron chi connectivity index (χ3n) is 4.49. The molecule has 1 rings (SSSR count). The lowest BCUT2D eigenvalue weighted by Crippen LogP contribution is -2.42. The van der Waals surface area contributed by atoms with Crippen LogP contribution in [0.25, 0.3) is 0 Å². The first-order valence-corrected chi connectivity index (χ1v) is 7.39. The Labute approximate surface area is 116 Å². The van der Waals surface area contributed by atoms with Gasteiger partial charge in [0.15, 0.2) is 0 Å². The molecule has 0 aliphatic carbocycles. The molecule has 4 nitrogen and oxygen atoms in total. The van der Waals surface area contributed by atoms with Gasteiger partial charge in [0.05, 0.1) is 5.41 Å². The van der Waals surface area contributed by atoms with Gasteiger partial charge in [-0.25, -0.2) is 0 Å². The lowest BCUT2D eigenvalue weighted by Gasteiger charge is -2.32. The van der Waals surface area contributed by atoms with Crippen LogP contribution in [0.15, 0.2) is 0 Å². The van der Waals surface area contributed by atoms with Gasteiger partial charge in [-0.2, -0.15) is 0 Å². The average molecular weight is 269 g/mol. The minimum Gasteiger partial charge on any atom is -0.481 e. The van der Waals surface area contributed by atoms with Crippen LogP contribution in [-0.4, -0.2) is 35.0 Å². The summed E-state index contributed by atoms with van der Waals surface area (Å²) in [6.07, 6.45) is 5.78. The van der Waals surface area contributed by atoms with Crippen LogP contribution in [0.4, 0.5) is 0 Å². The lowest BCUT2D eigenvalue weighted by molar-refractivity contribution is -0.155. The van der Waals surface area contributed by atoms with Gasteiger partial charge in [0.25, 0.3) is 0 Å². The quantitative estimate of drug-likeness (QED) is 0.853. The Bertz CT molecular complexity index is 319. The summed E-state index contributed by atoms with van der Waals surface area (Å²) in [5, 5.41) is 9.38. The third-order valence-corrected chi connectivity index (χ3v) is 4.49. The molecule has 0 aromatic carbocycles. The van der Waals surface area contributed by atoms with Crippen molar-refractivity contribution >= 4 is 11.9 Å². The normalized spacial score (nSPS) is 20.5. The molecule has 0 radical (unpaired) electrons. The van der Waals surface area contributed by atoms with E-state index in [0.717, 1.165) is 25.9 Å². The van der Waals surface area contributed by atoms with Gasteiger partial charge in [-0.1, -0.05) is 33.1 Å². The predicted molar refractivity (Wildman–Crippen MR) is 74.9 cm³/mol. The zero-order valence-electron chi connectivity index (χ0n) is 12.4. The van der Waals surface area contributed by atoms with E-state index in [0.29, 0.717) is 0 Å². The summed E-state index contributed by atoms with van der Waals surface area (Å²) in [6, 6.07) is 0. The van der Waals surface area contributed by atoms with Crippen LogP contribution in [-0.2, 0) is 9.59 Å². The maximum Gasteiger partial charge on any atom is 0.310 e. The number of carboxylic acids is 1. The monoisotopic (exact) mass is 269 g/mol. The van der Waals surface area contributed by atoms with Gasteiger partial charge in [-0.15, -0.1) is 0 Å². The second-order valence-electron chi connectivity index (χ2n) is 6.20. The third kappa shape index (κ3) is 4.22. The van der Waals surface area contributed by atoms with Crippen molar-refractivity contribution in [3.63, 3.8) is 0 Å². The molecule has 110 valence electrons. The van der Waals surface area contributed by atoms with Crippen molar-refractivity contribution in [3.8, 4) is 0 Å². The Morgan fingerprint density at radius 1 is 1.11 bits per heavy atom. The molecule has 0 spiro atoms. The van der Waals surface area contributed by atoms with Crippen LogP contribution in [0.2, 0.25) is 0 Å². The van der Waals surface area contributed by atoms with E-state index in [1.807, 2.05) is 18.7 Å². The van der Waals surface area contributed by atoms with Crippen molar-refractivity contribution in [2.45, 2.75) is 59.3 Å². The molecule has 4 heteroatoms. The van der Waals surface area contributed by atoms with Gasteiger partial charge < -0.3 is 10.0 Å². The largest absolute Gasteiger partial charge is 0.481 e. The van der Waals surface area contributed by atoms with Crippen molar-refractivity contribution in [2.24, 2.45) is 11.3 Å². The molecule has 0 aromatic rings. The summed E-state index contributed by atoms with van der Waals surface area (Å²) in [7, 11) is 0. The number of hydrogen-bond acceptors (Lipinski definition) is 2. The van der Waals surface area contributed by atoms with Crippen LogP contribution in [0, 0.1) is 11.3 Å². The number of likely N-dealkylation sites (tertiary alicyclic amines) is 1. The van der Waals surface area contributed by atoms with Crippen molar-refractivity contribution in [1.29, 1.82) is 0 Å². The number of carbonyl (C=O) groups is 2. The topological polar surface area (TPSA) is 57.6 Å². The number of rotatable bonds is 4. The van der Waals surface area contributed by atoms with Crippen LogP contribution < -0.4 is 0 Å². The lowest BCUT2D eigenvalue weighted by atomic mass is 9.76. The SMILES string of the molecule is CC(C)C(C)(CC(=O)N1CCCCCCC1)C(=O)O. The number of hydrogen-bond donors (Lipinski definition) is 1. The standard InChI is InChI=1S/C15H27NO3/c1-12(2)15(3,14(18)19)11-13(17)16-9-7-5-4-6-8-10-16/h12H,4-11H2,1-3H3,(H,18,19). The zero-order chi connectivity index (χ0) is 14.5. The Hall–Kier alpha value is -1.06. The first kappa shape index (κ1) is 16.0. The van der Waals surface area contributed by atoms with Crippen LogP contribution in [0.1, 0.15) is 59.3 Å². The van der Waals surface area contributed by atoms with Crippen LogP contribution >= 0.6 is 0 Å². The minimum atomic E-state index is -0.959. The van der Waals surface area contributed by atoms with Gasteiger partial charge >= 0.3 is 5.97 Å². The van der Waals surface area contributed by atoms with E-state index in [1.165, 1.54) is 19.3 Å². The molecule has 1 heterocycles. The molecule has 1 fully saturated rings. The zero-order valence-corrected chi connectivity index (χ0v) is 12.4. The Morgan fingerprint density at radius 2 is 1.58 bits per heavy atom. The highest BCUT2D eigenvalue weighted by atomic mass is 16.4. The van der Waals surface area contributed by atoms with E-state index in [9.17, 15) is 14.7 Å². The van der Waals surface area contributed by atoms with E-state index in [4.69, 9.17) is 0 Å². The molecule has 1 atom stereocenters. The highest BCUT2D eigenvalue weighted by Crippen LogP contribution is 2.32.